The lowest BCUT2D eigenvalue weighted by Crippen LogP contribution is -3.11. The summed E-state index contributed by atoms with van der Waals surface area (Å²) in [6.07, 6.45) is 2.03. The van der Waals surface area contributed by atoms with E-state index < -0.39 is 0 Å². The van der Waals surface area contributed by atoms with E-state index in [1.165, 1.54) is 6.07 Å². The van der Waals surface area contributed by atoms with Gasteiger partial charge in [-0.3, -0.25) is 10.1 Å². The predicted octanol–water partition coefficient (Wildman–Crippen LogP) is 3.21. The van der Waals surface area contributed by atoms with E-state index in [2.05, 4.69) is 24.2 Å². The van der Waals surface area contributed by atoms with E-state index in [1.54, 1.807) is 17.0 Å². The fourth-order valence-corrected chi connectivity index (χ4v) is 2.86. The number of carbonyl (C=O) groups is 1. The maximum Gasteiger partial charge on any atom is 0.291 e. The van der Waals surface area contributed by atoms with E-state index in [0.29, 0.717) is 22.2 Å². The number of hydrogen-bond donors (Lipinski definition) is 2. The average molecular weight is 403 g/mol. The Hall–Kier alpha value is -1.30. The molecule has 0 saturated heterocycles. The first-order valence-electron chi connectivity index (χ1n) is 9.21. The van der Waals surface area contributed by atoms with Crippen molar-refractivity contribution in [2.75, 3.05) is 26.2 Å². The van der Waals surface area contributed by atoms with Crippen molar-refractivity contribution in [1.82, 2.24) is 5.32 Å². The minimum absolute atomic E-state index is 0.0700. The van der Waals surface area contributed by atoms with Crippen LogP contribution in [-0.2, 0) is 4.74 Å². The molecule has 5 nitrogen and oxygen atoms in total. The first-order chi connectivity index (χ1) is 12.4. The molecular formula is C19H30Cl2N3O2+. The Labute approximate surface area is 166 Å². The third kappa shape index (κ3) is 7.94. The number of nitrogens with one attached hydrogen (secondary N) is 2. The molecule has 1 aromatic rings. The van der Waals surface area contributed by atoms with Gasteiger partial charge in [-0.05, 0) is 58.7 Å². The van der Waals surface area contributed by atoms with Crippen molar-refractivity contribution in [3.8, 4) is 0 Å². The summed E-state index contributed by atoms with van der Waals surface area (Å²) in [5, 5.41) is 3.46. The van der Waals surface area contributed by atoms with Crippen molar-refractivity contribution in [2.45, 2.75) is 46.6 Å². The topological polar surface area (TPSA) is 55.1 Å². The van der Waals surface area contributed by atoms with Gasteiger partial charge in [0.05, 0.1) is 42.3 Å². The van der Waals surface area contributed by atoms with Crippen molar-refractivity contribution in [3.63, 3.8) is 0 Å². The van der Waals surface area contributed by atoms with Crippen LogP contribution in [0, 0.1) is 0 Å². The SMILES string of the molecule is CCOC(=N[C@@H](C)CCC[NH+](CC)CC)NC(=O)c1ccc(Cl)c(Cl)c1. The van der Waals surface area contributed by atoms with Gasteiger partial charge in [0, 0.05) is 5.56 Å². The lowest BCUT2D eigenvalue weighted by Gasteiger charge is -2.16. The van der Waals surface area contributed by atoms with Gasteiger partial charge in [-0.15, -0.1) is 0 Å². The van der Waals surface area contributed by atoms with E-state index in [1.807, 2.05) is 13.8 Å². The Morgan fingerprint density at radius 2 is 1.92 bits per heavy atom. The van der Waals surface area contributed by atoms with Gasteiger partial charge < -0.3 is 9.64 Å². The predicted molar refractivity (Wildman–Crippen MR) is 109 cm³/mol. The van der Waals surface area contributed by atoms with Crippen LogP contribution >= 0.6 is 23.2 Å². The maximum absolute atomic E-state index is 12.4. The lowest BCUT2D eigenvalue weighted by molar-refractivity contribution is -0.896. The van der Waals surface area contributed by atoms with Crippen molar-refractivity contribution < 1.29 is 14.4 Å². The van der Waals surface area contributed by atoms with Gasteiger partial charge in [-0.1, -0.05) is 23.2 Å². The molecule has 0 aliphatic carbocycles. The van der Waals surface area contributed by atoms with Gasteiger partial charge in [0.25, 0.3) is 11.9 Å². The van der Waals surface area contributed by atoms with Crippen LogP contribution in [0.2, 0.25) is 10.0 Å². The normalized spacial score (nSPS) is 13.0. The van der Waals surface area contributed by atoms with E-state index >= 15 is 0 Å². The minimum atomic E-state index is -0.324. The summed E-state index contributed by atoms with van der Waals surface area (Å²) in [5.74, 6) is -0.324. The number of nitrogens with zero attached hydrogens (tertiary/aromatic N) is 1. The van der Waals surface area contributed by atoms with E-state index in [4.69, 9.17) is 27.9 Å². The molecule has 0 spiro atoms. The standard InChI is InChI=1S/C19H29Cl2N3O2/c1-5-24(6-2)12-8-9-14(4)22-19(26-7-3)23-18(25)15-10-11-16(20)17(21)13-15/h10-11,13-14H,5-9,12H2,1-4H3,(H,22,23,25)/p+1/t14-/m0/s1. The Morgan fingerprint density at radius 3 is 2.50 bits per heavy atom. The highest BCUT2D eigenvalue weighted by Gasteiger charge is 2.13. The molecule has 1 atom stereocenters. The zero-order chi connectivity index (χ0) is 19.5. The van der Waals surface area contributed by atoms with Crippen LogP contribution in [0.5, 0.6) is 0 Å². The molecule has 26 heavy (non-hydrogen) atoms. The molecule has 0 aromatic heterocycles. The molecule has 0 radical (unpaired) electrons. The summed E-state index contributed by atoms with van der Waals surface area (Å²) in [6, 6.07) is 5.05. The second-order valence-electron chi connectivity index (χ2n) is 6.15. The molecule has 0 aliphatic heterocycles. The van der Waals surface area contributed by atoms with Crippen LogP contribution in [-0.4, -0.2) is 44.2 Å². The van der Waals surface area contributed by atoms with Crippen LogP contribution in [0.4, 0.5) is 0 Å². The quantitative estimate of drug-likeness (QED) is 0.492. The molecular weight excluding hydrogens is 373 g/mol. The highest BCUT2D eigenvalue weighted by atomic mass is 35.5. The number of amidine groups is 1. The number of quaternary nitrogens is 1. The molecule has 146 valence electrons. The molecule has 1 rings (SSSR count). The third-order valence-corrected chi connectivity index (χ3v) is 4.91. The van der Waals surface area contributed by atoms with Gasteiger partial charge in [-0.2, -0.15) is 0 Å². The summed E-state index contributed by atoms with van der Waals surface area (Å²) < 4.78 is 5.48. The molecule has 7 heteroatoms. The van der Waals surface area contributed by atoms with Crippen LogP contribution in [0.25, 0.3) is 0 Å². The minimum Gasteiger partial charge on any atom is -0.465 e. The first kappa shape index (κ1) is 22.7. The number of benzene rings is 1. The van der Waals surface area contributed by atoms with Crippen LogP contribution in [0.1, 0.15) is 50.9 Å². The summed E-state index contributed by atoms with van der Waals surface area (Å²) in [4.78, 5) is 18.5. The summed E-state index contributed by atoms with van der Waals surface area (Å²) in [7, 11) is 0. The highest BCUT2D eigenvalue weighted by molar-refractivity contribution is 6.42. The molecule has 0 unspecified atom stereocenters. The summed E-state index contributed by atoms with van der Waals surface area (Å²) in [6.45, 7) is 12.1. The summed E-state index contributed by atoms with van der Waals surface area (Å²) in [5.41, 5.74) is 0.407. The molecule has 0 bridgehead atoms. The van der Waals surface area contributed by atoms with Crippen LogP contribution in [0.3, 0.4) is 0 Å². The second kappa shape index (κ2) is 12.2. The van der Waals surface area contributed by atoms with Gasteiger partial charge >= 0.3 is 0 Å². The molecule has 0 fully saturated rings. The maximum atomic E-state index is 12.4. The van der Waals surface area contributed by atoms with Crippen molar-refractivity contribution >= 4 is 35.1 Å². The number of amides is 1. The first-order valence-corrected chi connectivity index (χ1v) is 9.97. The van der Waals surface area contributed by atoms with Crippen LogP contribution < -0.4 is 10.2 Å². The third-order valence-electron chi connectivity index (χ3n) is 4.17. The van der Waals surface area contributed by atoms with Crippen LogP contribution in [0.15, 0.2) is 23.2 Å². The molecule has 2 N–H and O–H groups in total. The molecule has 0 saturated carbocycles. The average Bonchev–Trinajstić information content (AvgIpc) is 2.61. The number of halogens is 2. The number of aliphatic imine (C=N–C) groups is 1. The number of rotatable bonds is 9. The molecule has 0 aliphatic rings. The second-order valence-corrected chi connectivity index (χ2v) is 6.96. The Bertz CT molecular complexity index is 604. The van der Waals surface area contributed by atoms with Gasteiger partial charge in [-0.25, -0.2) is 4.99 Å². The fraction of sp³-hybridized carbons (Fsp3) is 0.579. The van der Waals surface area contributed by atoms with Crippen molar-refractivity contribution in [3.05, 3.63) is 33.8 Å². The number of hydrogen-bond acceptors (Lipinski definition) is 3. The fourth-order valence-electron chi connectivity index (χ4n) is 2.56. The van der Waals surface area contributed by atoms with Crippen molar-refractivity contribution in [2.24, 2.45) is 4.99 Å². The van der Waals surface area contributed by atoms with E-state index in [9.17, 15) is 4.79 Å². The largest absolute Gasteiger partial charge is 0.465 e. The number of carbonyl (C=O) groups excluding carboxylic acids is 1. The Kier molecular flexibility index (Phi) is 10.6. The molecule has 0 heterocycles. The zero-order valence-corrected chi connectivity index (χ0v) is 17.6. The van der Waals surface area contributed by atoms with Crippen molar-refractivity contribution in [1.29, 1.82) is 0 Å². The van der Waals surface area contributed by atoms with E-state index in [-0.39, 0.29) is 18.0 Å². The Morgan fingerprint density at radius 1 is 1.23 bits per heavy atom. The summed E-state index contributed by atoms with van der Waals surface area (Å²) >= 11 is 11.9. The molecule has 1 aromatic carbocycles. The van der Waals surface area contributed by atoms with Gasteiger partial charge in [0.2, 0.25) is 0 Å². The number of ether oxygens (including phenoxy) is 1. The van der Waals surface area contributed by atoms with Gasteiger partial charge in [0.1, 0.15) is 0 Å². The van der Waals surface area contributed by atoms with Gasteiger partial charge in [0.15, 0.2) is 0 Å². The highest BCUT2D eigenvalue weighted by Crippen LogP contribution is 2.22. The smallest absolute Gasteiger partial charge is 0.291 e. The zero-order valence-electron chi connectivity index (χ0n) is 16.1. The Balaban J connectivity index is 2.66. The van der Waals surface area contributed by atoms with E-state index in [0.717, 1.165) is 32.5 Å². The molecule has 1 amide bonds. The lowest BCUT2D eigenvalue weighted by atomic mass is 10.2. The monoisotopic (exact) mass is 402 g/mol.